The van der Waals surface area contributed by atoms with Gasteiger partial charge in [0.25, 0.3) is 0 Å². The average Bonchev–Trinajstić information content (AvgIpc) is 3.22. The first kappa shape index (κ1) is 18.1. The molecule has 8 heteroatoms. The number of guanidine groups is 1. The highest BCUT2D eigenvalue weighted by Gasteiger charge is 2.26. The van der Waals surface area contributed by atoms with Crippen molar-refractivity contribution in [3.05, 3.63) is 53.9 Å². The molecule has 1 aromatic heterocycles. The van der Waals surface area contributed by atoms with Crippen LogP contribution in [0.5, 0.6) is 5.75 Å². The van der Waals surface area contributed by atoms with E-state index in [4.69, 9.17) is 16.2 Å². The number of nitrogens with zero attached hydrogens (tertiary/aromatic N) is 3. The molecular formula is C18H27N7O. The minimum Gasteiger partial charge on any atom is -0.494 e. The second-order valence-electron chi connectivity index (χ2n) is 6.29. The molecule has 0 aliphatic carbocycles. The summed E-state index contributed by atoms with van der Waals surface area (Å²) < 4.78 is 5.86. The van der Waals surface area contributed by atoms with Gasteiger partial charge >= 0.3 is 0 Å². The standard InChI is InChI=1S/C18H27N7O/c1-24-18(20)25(17(19)23-24)9-4-10-26-16-7-2-5-14(11-16)12-21-13-15-6-3-8-22-15/h2-3,5-8,11,18,21-22H,4,9-10,12-13,20H2,1H3,(H2,19,23). The molecule has 0 spiro atoms. The molecule has 0 bridgehead atoms. The van der Waals surface area contributed by atoms with Gasteiger partial charge in [-0.25, -0.2) is 0 Å². The van der Waals surface area contributed by atoms with Gasteiger partial charge in [0.15, 0.2) is 6.29 Å². The molecule has 1 aromatic carbocycles. The quantitative estimate of drug-likeness (QED) is 0.494. The number of aromatic amines is 1. The second-order valence-corrected chi connectivity index (χ2v) is 6.29. The molecule has 6 N–H and O–H groups in total. The van der Waals surface area contributed by atoms with Crippen LogP contribution in [0.15, 0.2) is 47.7 Å². The highest BCUT2D eigenvalue weighted by atomic mass is 16.5. The van der Waals surface area contributed by atoms with E-state index in [1.165, 1.54) is 11.3 Å². The second kappa shape index (κ2) is 8.59. The maximum atomic E-state index is 6.02. The first-order chi connectivity index (χ1) is 12.6. The predicted octanol–water partition coefficient (Wildman–Crippen LogP) is 0.793. The molecule has 1 aliphatic rings. The van der Waals surface area contributed by atoms with Crippen LogP contribution in [0, 0.1) is 0 Å². The zero-order valence-corrected chi connectivity index (χ0v) is 15.1. The number of aromatic nitrogens is 1. The number of hydrogen-bond donors (Lipinski definition) is 4. The lowest BCUT2D eigenvalue weighted by Crippen LogP contribution is -2.49. The van der Waals surface area contributed by atoms with Crippen LogP contribution in [-0.4, -0.2) is 47.3 Å². The number of hydrazone groups is 1. The molecule has 0 fully saturated rings. The summed E-state index contributed by atoms with van der Waals surface area (Å²) in [6.45, 7) is 2.90. The molecule has 2 aromatic rings. The van der Waals surface area contributed by atoms with Gasteiger partial charge in [0, 0.05) is 38.6 Å². The van der Waals surface area contributed by atoms with Crippen LogP contribution in [0.4, 0.5) is 0 Å². The lowest BCUT2D eigenvalue weighted by atomic mass is 10.2. The zero-order chi connectivity index (χ0) is 18.4. The smallest absolute Gasteiger partial charge is 0.216 e. The van der Waals surface area contributed by atoms with Crippen molar-refractivity contribution in [2.75, 3.05) is 20.2 Å². The third kappa shape index (κ3) is 4.68. The molecule has 26 heavy (non-hydrogen) atoms. The van der Waals surface area contributed by atoms with E-state index in [1.54, 1.807) is 5.01 Å². The van der Waals surface area contributed by atoms with Gasteiger partial charge in [0.2, 0.25) is 5.96 Å². The minimum absolute atomic E-state index is 0.302. The van der Waals surface area contributed by atoms with Crippen molar-refractivity contribution in [2.24, 2.45) is 16.6 Å². The van der Waals surface area contributed by atoms with Gasteiger partial charge in [0.05, 0.1) is 6.61 Å². The zero-order valence-electron chi connectivity index (χ0n) is 15.1. The van der Waals surface area contributed by atoms with Crippen molar-refractivity contribution in [2.45, 2.75) is 25.8 Å². The molecule has 0 radical (unpaired) electrons. The van der Waals surface area contributed by atoms with Gasteiger partial charge < -0.3 is 25.7 Å². The SMILES string of the molecule is CN1N=C(N)N(CCCOc2cccc(CNCc3ccc[nH]3)c2)C1N. The lowest BCUT2D eigenvalue weighted by molar-refractivity contribution is 0.157. The highest BCUT2D eigenvalue weighted by Crippen LogP contribution is 2.14. The number of nitrogens with one attached hydrogen (secondary N) is 2. The fraction of sp³-hybridized carbons (Fsp3) is 0.389. The van der Waals surface area contributed by atoms with E-state index in [9.17, 15) is 0 Å². The maximum absolute atomic E-state index is 6.02. The summed E-state index contributed by atoms with van der Waals surface area (Å²) in [7, 11) is 1.81. The maximum Gasteiger partial charge on any atom is 0.216 e. The molecule has 8 nitrogen and oxygen atoms in total. The number of benzene rings is 1. The van der Waals surface area contributed by atoms with Gasteiger partial charge in [0.1, 0.15) is 5.75 Å². The van der Waals surface area contributed by atoms with E-state index < -0.39 is 0 Å². The predicted molar refractivity (Wildman–Crippen MR) is 102 cm³/mol. The van der Waals surface area contributed by atoms with Gasteiger partial charge in [-0.1, -0.05) is 12.1 Å². The normalized spacial score (nSPS) is 16.8. The summed E-state index contributed by atoms with van der Waals surface area (Å²) in [6, 6.07) is 12.2. The summed E-state index contributed by atoms with van der Waals surface area (Å²) >= 11 is 0. The van der Waals surface area contributed by atoms with E-state index in [0.29, 0.717) is 19.1 Å². The van der Waals surface area contributed by atoms with Crippen LogP contribution in [0.2, 0.25) is 0 Å². The van der Waals surface area contributed by atoms with E-state index >= 15 is 0 Å². The minimum atomic E-state index is -0.302. The van der Waals surface area contributed by atoms with Gasteiger partial charge in [-0.3, -0.25) is 10.7 Å². The number of nitrogens with two attached hydrogens (primary N) is 2. The topological polar surface area (TPSA) is 108 Å². The summed E-state index contributed by atoms with van der Waals surface area (Å²) in [5.41, 5.74) is 14.2. The molecule has 1 unspecified atom stereocenters. The average molecular weight is 357 g/mol. The first-order valence-electron chi connectivity index (χ1n) is 8.77. The first-order valence-corrected chi connectivity index (χ1v) is 8.77. The summed E-state index contributed by atoms with van der Waals surface area (Å²) in [5, 5.41) is 9.19. The molecule has 0 saturated heterocycles. The molecule has 140 valence electrons. The monoisotopic (exact) mass is 357 g/mol. The van der Waals surface area contributed by atoms with Crippen LogP contribution in [-0.2, 0) is 13.1 Å². The van der Waals surface area contributed by atoms with Gasteiger partial charge in [-0.05, 0) is 36.2 Å². The summed E-state index contributed by atoms with van der Waals surface area (Å²) in [6.07, 6.45) is 2.44. The van der Waals surface area contributed by atoms with Crippen molar-refractivity contribution < 1.29 is 4.74 Å². The Morgan fingerprint density at radius 1 is 1.27 bits per heavy atom. The Hall–Kier alpha value is -2.71. The van der Waals surface area contributed by atoms with Crippen molar-refractivity contribution >= 4 is 5.96 Å². The molecule has 1 aliphatic heterocycles. The van der Waals surface area contributed by atoms with E-state index in [0.717, 1.165) is 25.3 Å². The molecule has 3 rings (SSSR count). The molecule has 2 heterocycles. The van der Waals surface area contributed by atoms with E-state index in [1.807, 2.05) is 36.3 Å². The largest absolute Gasteiger partial charge is 0.494 e. The molecule has 1 atom stereocenters. The van der Waals surface area contributed by atoms with Gasteiger partial charge in [-0.15, -0.1) is 5.10 Å². The Labute approximate surface area is 153 Å². The van der Waals surface area contributed by atoms with Crippen LogP contribution in [0.1, 0.15) is 17.7 Å². The Kier molecular flexibility index (Phi) is 5.98. The lowest BCUT2D eigenvalue weighted by Gasteiger charge is -2.25. The fourth-order valence-corrected chi connectivity index (χ4v) is 2.85. The number of ether oxygens (including phenoxy) is 1. The van der Waals surface area contributed by atoms with Crippen molar-refractivity contribution in [1.82, 2.24) is 20.2 Å². The Morgan fingerprint density at radius 3 is 2.88 bits per heavy atom. The summed E-state index contributed by atoms with van der Waals surface area (Å²) in [5.74, 6) is 1.32. The van der Waals surface area contributed by atoms with Crippen LogP contribution < -0.4 is 21.5 Å². The van der Waals surface area contributed by atoms with E-state index in [-0.39, 0.29) is 6.29 Å². The Bertz CT molecular complexity index is 716. The van der Waals surface area contributed by atoms with Crippen molar-refractivity contribution in [3.8, 4) is 5.75 Å². The summed E-state index contributed by atoms with van der Waals surface area (Å²) in [4.78, 5) is 5.05. The number of H-pyrrole nitrogens is 1. The van der Waals surface area contributed by atoms with Gasteiger partial charge in [-0.2, -0.15) is 0 Å². The van der Waals surface area contributed by atoms with E-state index in [2.05, 4.69) is 33.6 Å². The Morgan fingerprint density at radius 2 is 2.15 bits per heavy atom. The molecule has 0 saturated carbocycles. The third-order valence-corrected chi connectivity index (χ3v) is 4.27. The Balaban J connectivity index is 1.39. The van der Waals surface area contributed by atoms with Crippen LogP contribution in [0.3, 0.4) is 0 Å². The fourth-order valence-electron chi connectivity index (χ4n) is 2.85. The number of rotatable bonds is 9. The van der Waals surface area contributed by atoms with Crippen molar-refractivity contribution in [1.29, 1.82) is 0 Å². The molecular weight excluding hydrogens is 330 g/mol. The van der Waals surface area contributed by atoms with Crippen molar-refractivity contribution in [3.63, 3.8) is 0 Å². The van der Waals surface area contributed by atoms with Crippen LogP contribution >= 0.6 is 0 Å². The van der Waals surface area contributed by atoms with Crippen LogP contribution in [0.25, 0.3) is 0 Å². The highest BCUT2D eigenvalue weighted by molar-refractivity contribution is 5.79. The number of hydrogen-bond acceptors (Lipinski definition) is 7. The molecule has 0 amide bonds. The third-order valence-electron chi connectivity index (χ3n) is 4.27.